The minimum Gasteiger partial charge on any atom is -0.478 e. The molecule has 0 spiro atoms. The molecule has 28 heavy (non-hydrogen) atoms. The van der Waals surface area contributed by atoms with Crippen molar-refractivity contribution in [2.24, 2.45) is 0 Å². The molecule has 0 unspecified atom stereocenters. The van der Waals surface area contributed by atoms with Crippen molar-refractivity contribution in [1.29, 1.82) is 0 Å². The third kappa shape index (κ3) is 9.08. The van der Waals surface area contributed by atoms with Crippen LogP contribution in [-0.2, 0) is 0 Å². The fourth-order valence-corrected chi connectivity index (χ4v) is 1.54. The minimum atomic E-state index is -1.13. The van der Waals surface area contributed by atoms with E-state index in [1.165, 1.54) is 42.5 Å². The van der Waals surface area contributed by atoms with E-state index in [1.54, 1.807) is 0 Å². The minimum absolute atomic E-state index is 0.0186. The molecule has 10 heteroatoms. The van der Waals surface area contributed by atoms with E-state index in [2.05, 4.69) is 0 Å². The normalized spacial score (nSPS) is 9.07. The van der Waals surface area contributed by atoms with Crippen LogP contribution in [0, 0.1) is 0 Å². The van der Waals surface area contributed by atoms with Crippen LogP contribution in [0.3, 0.4) is 0 Å². The first-order chi connectivity index (χ1) is 13.1. The molecule has 0 atom stereocenters. The molecule has 2 rings (SSSR count). The van der Waals surface area contributed by atoms with Gasteiger partial charge >= 0.3 is 23.9 Å². The first kappa shape index (κ1) is 24.2. The van der Waals surface area contributed by atoms with Gasteiger partial charge in [0.15, 0.2) is 0 Å². The molecule has 0 amide bonds. The van der Waals surface area contributed by atoms with Crippen LogP contribution in [0.15, 0.2) is 48.5 Å². The topological polar surface area (TPSA) is 190 Å². The maximum atomic E-state index is 10.4. The van der Waals surface area contributed by atoms with Crippen LogP contribution in [0.25, 0.3) is 0 Å². The monoisotopic (exact) mass is 394 g/mol. The molecule has 2 aromatic rings. The van der Waals surface area contributed by atoms with E-state index in [-0.39, 0.29) is 35.5 Å². The quantitative estimate of drug-likeness (QED) is 0.429. The first-order valence-corrected chi connectivity index (χ1v) is 7.49. The van der Waals surface area contributed by atoms with Gasteiger partial charge in [-0.15, -0.1) is 0 Å². The van der Waals surface area contributed by atoms with E-state index in [0.717, 1.165) is 6.07 Å². The van der Waals surface area contributed by atoms with Crippen LogP contribution < -0.4 is 0 Å². The third-order valence-corrected chi connectivity index (χ3v) is 2.84. The average molecular weight is 394 g/mol. The Morgan fingerprint density at radius 3 is 1.04 bits per heavy atom. The van der Waals surface area contributed by atoms with Gasteiger partial charge in [-0.1, -0.05) is 6.07 Å². The molecular weight excluding hydrogens is 376 g/mol. The summed E-state index contributed by atoms with van der Waals surface area (Å²) in [5.41, 5.74) is 0.129. The summed E-state index contributed by atoms with van der Waals surface area (Å²) in [6.45, 7) is -0.250. The molecule has 10 nitrogen and oxygen atoms in total. The van der Waals surface area contributed by atoms with Gasteiger partial charge in [0.2, 0.25) is 0 Å². The second kappa shape index (κ2) is 12.6. The van der Waals surface area contributed by atoms with Crippen LogP contribution in [0.4, 0.5) is 0 Å². The van der Waals surface area contributed by atoms with E-state index >= 15 is 0 Å². The zero-order valence-corrected chi connectivity index (χ0v) is 14.3. The highest BCUT2D eigenvalue weighted by atomic mass is 16.4. The van der Waals surface area contributed by atoms with Crippen molar-refractivity contribution in [2.75, 3.05) is 13.2 Å². The standard InChI is InChI=1S/2C8H6O4.C2H6O2/c9-7(10)5-1-2-6(4-3-5)8(11)12;9-7(10)5-2-1-3-6(4-5)8(11)12;3-1-2-4/h2*1-4H,(H,9,10)(H,11,12);3-4H,1-2H2. The predicted octanol–water partition coefficient (Wildman–Crippen LogP) is 1.14. The lowest BCUT2D eigenvalue weighted by atomic mass is 10.1. The number of carbonyl (C=O) groups is 4. The number of carboxylic acids is 4. The molecule has 0 heterocycles. The largest absolute Gasteiger partial charge is 0.478 e. The van der Waals surface area contributed by atoms with Crippen molar-refractivity contribution in [3.63, 3.8) is 0 Å². The number of benzene rings is 2. The van der Waals surface area contributed by atoms with Crippen molar-refractivity contribution in [3.05, 3.63) is 70.8 Å². The molecular formula is C18H18O10. The van der Waals surface area contributed by atoms with Crippen molar-refractivity contribution in [1.82, 2.24) is 0 Å². The van der Waals surface area contributed by atoms with Crippen molar-refractivity contribution < 1.29 is 49.8 Å². The van der Waals surface area contributed by atoms with Gasteiger partial charge in [-0.2, -0.15) is 0 Å². The van der Waals surface area contributed by atoms with Crippen LogP contribution in [0.5, 0.6) is 0 Å². The molecule has 0 aliphatic carbocycles. The summed E-state index contributed by atoms with van der Waals surface area (Å²) in [5.74, 6) is -4.38. The predicted molar refractivity (Wildman–Crippen MR) is 94.9 cm³/mol. The van der Waals surface area contributed by atoms with Crippen molar-refractivity contribution in [3.8, 4) is 0 Å². The number of rotatable bonds is 5. The fraction of sp³-hybridized carbons (Fsp3) is 0.111. The Hall–Kier alpha value is -3.76. The summed E-state index contributed by atoms with van der Waals surface area (Å²) >= 11 is 0. The van der Waals surface area contributed by atoms with E-state index < -0.39 is 23.9 Å². The number of aliphatic hydroxyl groups is 2. The lowest BCUT2D eigenvalue weighted by Gasteiger charge is -1.95. The summed E-state index contributed by atoms with van der Waals surface area (Å²) in [7, 11) is 0. The molecule has 150 valence electrons. The van der Waals surface area contributed by atoms with Gasteiger partial charge in [0.1, 0.15) is 0 Å². The second-order valence-corrected chi connectivity index (χ2v) is 4.83. The SMILES string of the molecule is O=C(O)c1ccc(C(=O)O)cc1.O=C(O)c1cccc(C(=O)O)c1.OCCO. The average Bonchev–Trinajstić information content (AvgIpc) is 2.68. The van der Waals surface area contributed by atoms with E-state index in [9.17, 15) is 19.2 Å². The molecule has 0 bridgehead atoms. The van der Waals surface area contributed by atoms with Gasteiger partial charge in [-0.25, -0.2) is 19.2 Å². The molecule has 0 radical (unpaired) electrons. The Morgan fingerprint density at radius 1 is 0.536 bits per heavy atom. The number of carboxylic acid groups (broad SMARTS) is 4. The van der Waals surface area contributed by atoms with Gasteiger partial charge in [0, 0.05) is 0 Å². The maximum absolute atomic E-state index is 10.4. The Balaban J connectivity index is 0.000000439. The van der Waals surface area contributed by atoms with Gasteiger partial charge < -0.3 is 30.6 Å². The molecule has 0 saturated carbocycles. The van der Waals surface area contributed by atoms with Crippen LogP contribution in [0.2, 0.25) is 0 Å². The maximum Gasteiger partial charge on any atom is 0.335 e. The van der Waals surface area contributed by atoms with Crippen LogP contribution >= 0.6 is 0 Å². The van der Waals surface area contributed by atoms with Gasteiger partial charge in [0.25, 0.3) is 0 Å². The zero-order valence-electron chi connectivity index (χ0n) is 14.3. The Labute approximate surface area is 158 Å². The Morgan fingerprint density at radius 2 is 0.821 bits per heavy atom. The highest BCUT2D eigenvalue weighted by molar-refractivity contribution is 5.93. The van der Waals surface area contributed by atoms with Crippen molar-refractivity contribution >= 4 is 23.9 Å². The van der Waals surface area contributed by atoms with Gasteiger partial charge in [-0.3, -0.25) is 0 Å². The van der Waals surface area contributed by atoms with E-state index in [4.69, 9.17) is 30.6 Å². The highest BCUT2D eigenvalue weighted by Crippen LogP contribution is 2.05. The van der Waals surface area contributed by atoms with E-state index in [1.807, 2.05) is 0 Å². The number of aliphatic hydroxyl groups excluding tert-OH is 2. The smallest absolute Gasteiger partial charge is 0.335 e. The lowest BCUT2D eigenvalue weighted by Crippen LogP contribution is -2.01. The molecule has 0 saturated heterocycles. The fourth-order valence-electron chi connectivity index (χ4n) is 1.54. The van der Waals surface area contributed by atoms with Gasteiger partial charge in [0.05, 0.1) is 35.5 Å². The Bertz CT molecular complexity index is 747. The summed E-state index contributed by atoms with van der Waals surface area (Å²) in [5, 5.41) is 49.2. The van der Waals surface area contributed by atoms with E-state index in [0.29, 0.717) is 0 Å². The summed E-state index contributed by atoms with van der Waals surface area (Å²) in [4.78, 5) is 41.4. The van der Waals surface area contributed by atoms with Crippen LogP contribution in [0.1, 0.15) is 41.4 Å². The zero-order chi connectivity index (χ0) is 21.7. The lowest BCUT2D eigenvalue weighted by molar-refractivity contribution is 0.0681. The van der Waals surface area contributed by atoms with Crippen LogP contribution in [-0.4, -0.2) is 67.7 Å². The first-order valence-electron chi connectivity index (χ1n) is 7.49. The molecule has 2 aromatic carbocycles. The molecule has 0 aromatic heterocycles. The molecule has 6 N–H and O–H groups in total. The number of hydrogen-bond donors (Lipinski definition) is 6. The second-order valence-electron chi connectivity index (χ2n) is 4.83. The number of aromatic carboxylic acids is 4. The Kier molecular flexibility index (Phi) is 10.9. The molecule has 0 aliphatic rings. The summed E-state index contributed by atoms with van der Waals surface area (Å²) in [6.07, 6.45) is 0. The number of hydrogen-bond acceptors (Lipinski definition) is 6. The van der Waals surface area contributed by atoms with Crippen molar-refractivity contribution in [2.45, 2.75) is 0 Å². The van der Waals surface area contributed by atoms with Gasteiger partial charge in [-0.05, 0) is 42.5 Å². The molecule has 0 aliphatic heterocycles. The summed E-state index contributed by atoms with van der Waals surface area (Å²) in [6, 6.07) is 10.2. The third-order valence-electron chi connectivity index (χ3n) is 2.84. The highest BCUT2D eigenvalue weighted by Gasteiger charge is 2.07. The summed E-state index contributed by atoms with van der Waals surface area (Å²) < 4.78 is 0. The molecule has 0 fully saturated rings.